The lowest BCUT2D eigenvalue weighted by Crippen LogP contribution is -1.94. The zero-order valence-corrected chi connectivity index (χ0v) is 7.54. The van der Waals surface area contributed by atoms with Gasteiger partial charge in [-0.15, -0.1) is 0 Å². The quantitative estimate of drug-likeness (QED) is 0.716. The van der Waals surface area contributed by atoms with Crippen LogP contribution in [0, 0.1) is 0 Å². The van der Waals surface area contributed by atoms with Crippen molar-refractivity contribution in [3.05, 3.63) is 23.3 Å². The molecule has 1 aliphatic carbocycles. The first kappa shape index (κ1) is 9.71. The number of aliphatic carboxylic acids is 1. The molecule has 0 atom stereocenters. The summed E-state index contributed by atoms with van der Waals surface area (Å²) in [7, 11) is 0. The highest BCUT2D eigenvalue weighted by Gasteiger charge is 2.10. The maximum Gasteiger partial charge on any atom is 0.303 e. The summed E-state index contributed by atoms with van der Waals surface area (Å²) in [6.45, 7) is 1.53. The van der Waals surface area contributed by atoms with E-state index in [1.165, 1.54) is 6.92 Å². The van der Waals surface area contributed by atoms with Gasteiger partial charge in [-0.3, -0.25) is 9.59 Å². The summed E-state index contributed by atoms with van der Waals surface area (Å²) < 4.78 is 0. The van der Waals surface area contributed by atoms with Crippen molar-refractivity contribution in [3.8, 4) is 0 Å². The van der Waals surface area contributed by atoms with E-state index in [1.807, 2.05) is 6.08 Å². The molecule has 70 valence electrons. The van der Waals surface area contributed by atoms with E-state index >= 15 is 0 Å². The number of allylic oxidation sites excluding steroid dienone is 4. The SMILES string of the molecule is CC(=O)C1=CC(CCC(=O)O)=CC1. The van der Waals surface area contributed by atoms with Crippen LogP contribution < -0.4 is 0 Å². The molecule has 0 amide bonds. The normalized spacial score (nSPS) is 15.2. The van der Waals surface area contributed by atoms with Crippen molar-refractivity contribution in [1.82, 2.24) is 0 Å². The van der Waals surface area contributed by atoms with E-state index < -0.39 is 5.97 Å². The van der Waals surface area contributed by atoms with E-state index in [2.05, 4.69) is 0 Å². The first-order valence-electron chi connectivity index (χ1n) is 4.22. The maximum atomic E-state index is 10.9. The molecule has 3 heteroatoms. The highest BCUT2D eigenvalue weighted by Crippen LogP contribution is 2.21. The summed E-state index contributed by atoms with van der Waals surface area (Å²) in [6.07, 6.45) is 5.02. The molecule has 0 aromatic carbocycles. The molecular weight excluding hydrogens is 168 g/mol. The molecule has 1 rings (SSSR count). The number of Topliss-reactive ketones (excluding diaryl/α,β-unsaturated/α-hetero) is 1. The molecule has 0 fully saturated rings. The maximum absolute atomic E-state index is 10.9. The smallest absolute Gasteiger partial charge is 0.303 e. The van der Waals surface area contributed by atoms with E-state index in [9.17, 15) is 9.59 Å². The molecule has 0 radical (unpaired) electrons. The fourth-order valence-electron chi connectivity index (χ4n) is 1.25. The summed E-state index contributed by atoms with van der Waals surface area (Å²) in [5.41, 5.74) is 1.74. The van der Waals surface area contributed by atoms with Crippen LogP contribution in [0.3, 0.4) is 0 Å². The Morgan fingerprint density at radius 2 is 2.23 bits per heavy atom. The van der Waals surface area contributed by atoms with Crippen LogP contribution in [0.5, 0.6) is 0 Å². The van der Waals surface area contributed by atoms with E-state index in [0.717, 1.165) is 11.1 Å². The Morgan fingerprint density at radius 3 is 2.69 bits per heavy atom. The first-order valence-corrected chi connectivity index (χ1v) is 4.22. The number of hydrogen-bond acceptors (Lipinski definition) is 2. The van der Waals surface area contributed by atoms with Crippen LogP contribution in [-0.2, 0) is 9.59 Å². The van der Waals surface area contributed by atoms with Crippen molar-refractivity contribution < 1.29 is 14.7 Å². The molecule has 0 aromatic heterocycles. The number of carboxylic acid groups (broad SMARTS) is 1. The molecule has 0 aliphatic heterocycles. The van der Waals surface area contributed by atoms with Crippen molar-refractivity contribution in [2.24, 2.45) is 0 Å². The Bertz CT molecular complexity index is 297. The Hall–Kier alpha value is -1.38. The van der Waals surface area contributed by atoms with Gasteiger partial charge in [-0.1, -0.05) is 17.7 Å². The van der Waals surface area contributed by atoms with Gasteiger partial charge in [0.25, 0.3) is 0 Å². The highest BCUT2D eigenvalue weighted by molar-refractivity contribution is 5.94. The molecule has 1 N–H and O–H groups in total. The number of carbonyl (C=O) groups is 2. The molecule has 13 heavy (non-hydrogen) atoms. The van der Waals surface area contributed by atoms with Crippen molar-refractivity contribution in [1.29, 1.82) is 0 Å². The van der Waals surface area contributed by atoms with E-state index in [0.29, 0.717) is 12.8 Å². The predicted octanol–water partition coefficient (Wildman–Crippen LogP) is 1.70. The van der Waals surface area contributed by atoms with Crippen LogP contribution in [0.1, 0.15) is 26.2 Å². The van der Waals surface area contributed by atoms with Gasteiger partial charge >= 0.3 is 5.97 Å². The van der Waals surface area contributed by atoms with Crippen molar-refractivity contribution >= 4 is 11.8 Å². The molecule has 0 saturated heterocycles. The monoisotopic (exact) mass is 180 g/mol. The second-order valence-electron chi connectivity index (χ2n) is 3.10. The van der Waals surface area contributed by atoms with Gasteiger partial charge in [0.2, 0.25) is 0 Å². The predicted molar refractivity (Wildman–Crippen MR) is 48.3 cm³/mol. The van der Waals surface area contributed by atoms with E-state index in [1.54, 1.807) is 6.08 Å². The third kappa shape index (κ3) is 2.86. The highest BCUT2D eigenvalue weighted by atomic mass is 16.4. The molecular formula is C10H12O3. The zero-order chi connectivity index (χ0) is 9.84. The topological polar surface area (TPSA) is 54.4 Å². The van der Waals surface area contributed by atoms with Crippen LogP contribution in [0.15, 0.2) is 23.3 Å². The summed E-state index contributed by atoms with van der Waals surface area (Å²) in [6, 6.07) is 0. The van der Waals surface area contributed by atoms with Gasteiger partial charge in [0.05, 0.1) is 0 Å². The largest absolute Gasteiger partial charge is 0.481 e. The molecule has 0 aromatic rings. The van der Waals surface area contributed by atoms with Crippen molar-refractivity contribution in [2.75, 3.05) is 0 Å². The Kier molecular flexibility index (Phi) is 3.01. The summed E-state index contributed by atoms with van der Waals surface area (Å²) in [4.78, 5) is 21.2. The van der Waals surface area contributed by atoms with Gasteiger partial charge in [-0.2, -0.15) is 0 Å². The van der Waals surface area contributed by atoms with Crippen molar-refractivity contribution in [2.45, 2.75) is 26.2 Å². The van der Waals surface area contributed by atoms with Gasteiger partial charge in [0.1, 0.15) is 0 Å². The van der Waals surface area contributed by atoms with Gasteiger partial charge in [-0.25, -0.2) is 0 Å². The Labute approximate surface area is 76.8 Å². The molecule has 0 saturated carbocycles. The Balaban J connectivity index is 2.47. The van der Waals surface area contributed by atoms with E-state index in [-0.39, 0.29) is 12.2 Å². The second-order valence-corrected chi connectivity index (χ2v) is 3.10. The Morgan fingerprint density at radius 1 is 1.54 bits per heavy atom. The summed E-state index contributed by atoms with van der Waals surface area (Å²) in [5, 5.41) is 8.43. The second kappa shape index (κ2) is 4.03. The van der Waals surface area contributed by atoms with Crippen LogP contribution in [-0.4, -0.2) is 16.9 Å². The van der Waals surface area contributed by atoms with E-state index in [4.69, 9.17) is 5.11 Å². The molecule has 0 heterocycles. The number of carbonyl (C=O) groups excluding carboxylic acids is 1. The number of carboxylic acids is 1. The average Bonchev–Trinajstić information content (AvgIpc) is 2.48. The zero-order valence-electron chi connectivity index (χ0n) is 7.54. The van der Waals surface area contributed by atoms with Crippen LogP contribution >= 0.6 is 0 Å². The number of rotatable bonds is 4. The first-order chi connectivity index (χ1) is 6.09. The standard InChI is InChI=1S/C10H12O3/c1-7(11)9-4-2-8(6-9)3-5-10(12)13/h2,6H,3-5H2,1H3,(H,12,13). The number of ketones is 1. The van der Waals surface area contributed by atoms with Crippen molar-refractivity contribution in [3.63, 3.8) is 0 Å². The third-order valence-corrected chi connectivity index (χ3v) is 2.02. The third-order valence-electron chi connectivity index (χ3n) is 2.02. The van der Waals surface area contributed by atoms with Gasteiger partial charge in [0, 0.05) is 6.42 Å². The van der Waals surface area contributed by atoms with Gasteiger partial charge < -0.3 is 5.11 Å². The molecule has 1 aliphatic rings. The van der Waals surface area contributed by atoms with Crippen LogP contribution in [0.25, 0.3) is 0 Å². The fraction of sp³-hybridized carbons (Fsp3) is 0.400. The van der Waals surface area contributed by atoms with Crippen LogP contribution in [0.2, 0.25) is 0 Å². The molecule has 0 spiro atoms. The lowest BCUT2D eigenvalue weighted by Gasteiger charge is -1.94. The molecule has 3 nitrogen and oxygen atoms in total. The minimum Gasteiger partial charge on any atom is -0.481 e. The fourth-order valence-corrected chi connectivity index (χ4v) is 1.25. The van der Waals surface area contributed by atoms with Crippen LogP contribution in [0.4, 0.5) is 0 Å². The average molecular weight is 180 g/mol. The van der Waals surface area contributed by atoms with Gasteiger partial charge in [0.15, 0.2) is 5.78 Å². The minimum absolute atomic E-state index is 0.0709. The lowest BCUT2D eigenvalue weighted by molar-refractivity contribution is -0.136. The molecule has 0 unspecified atom stereocenters. The summed E-state index contributed by atoms with van der Waals surface area (Å²) in [5.74, 6) is -0.729. The summed E-state index contributed by atoms with van der Waals surface area (Å²) >= 11 is 0. The molecule has 0 bridgehead atoms. The lowest BCUT2D eigenvalue weighted by atomic mass is 10.1. The number of hydrogen-bond donors (Lipinski definition) is 1. The van der Waals surface area contributed by atoms with Gasteiger partial charge in [-0.05, 0) is 25.3 Å². The minimum atomic E-state index is -0.800.